The zero-order valence-electron chi connectivity index (χ0n) is 14.5. The summed E-state index contributed by atoms with van der Waals surface area (Å²) in [6.07, 6.45) is 4.09. The number of fused-ring (bicyclic) bond motifs is 1. The van der Waals surface area contributed by atoms with Gasteiger partial charge in [0.15, 0.2) is 0 Å². The summed E-state index contributed by atoms with van der Waals surface area (Å²) < 4.78 is 2.00. The molecular weight excluding hydrogens is 328 g/mol. The predicted octanol–water partition coefficient (Wildman–Crippen LogP) is 2.62. The van der Waals surface area contributed by atoms with Crippen molar-refractivity contribution in [1.82, 2.24) is 14.5 Å². The number of benzene rings is 1. The number of rotatable bonds is 3. The van der Waals surface area contributed by atoms with Gasteiger partial charge in [-0.1, -0.05) is 0 Å². The van der Waals surface area contributed by atoms with E-state index in [0.29, 0.717) is 17.9 Å². The molecule has 1 aliphatic rings. The summed E-state index contributed by atoms with van der Waals surface area (Å²) in [7, 11) is 1.96. The summed E-state index contributed by atoms with van der Waals surface area (Å²) in [5.41, 5.74) is 8.74. The maximum Gasteiger partial charge on any atom is 0.230 e. The van der Waals surface area contributed by atoms with E-state index < -0.39 is 0 Å². The molecule has 2 aromatic heterocycles. The summed E-state index contributed by atoms with van der Waals surface area (Å²) in [4.78, 5) is 20.8. The minimum Gasteiger partial charge on any atom is -0.398 e. The van der Waals surface area contributed by atoms with E-state index in [1.807, 2.05) is 36.9 Å². The summed E-state index contributed by atoms with van der Waals surface area (Å²) in [6, 6.07) is 7.84. The first-order chi connectivity index (χ1) is 12.5. The van der Waals surface area contributed by atoms with Crippen LogP contribution in [-0.4, -0.2) is 20.4 Å². The number of carbonyl (C=O) groups excluding carboxylic acids is 1. The van der Waals surface area contributed by atoms with Gasteiger partial charge in [0, 0.05) is 29.9 Å². The molecule has 2 heterocycles. The van der Waals surface area contributed by atoms with Crippen molar-refractivity contribution in [2.75, 3.05) is 11.1 Å². The summed E-state index contributed by atoms with van der Waals surface area (Å²) >= 11 is 0. The van der Waals surface area contributed by atoms with Gasteiger partial charge in [0.25, 0.3) is 0 Å². The minimum absolute atomic E-state index is 0.158. The number of imidazole rings is 1. The quantitative estimate of drug-likeness (QED) is 0.708. The van der Waals surface area contributed by atoms with Crippen molar-refractivity contribution in [2.24, 2.45) is 18.9 Å². The highest BCUT2D eigenvalue weighted by atomic mass is 16.2. The van der Waals surface area contributed by atoms with Gasteiger partial charge in [-0.3, -0.25) is 4.79 Å². The topological polar surface area (TPSA) is 110 Å². The molecule has 0 aliphatic heterocycles. The Kier molecular flexibility index (Phi) is 3.62. The van der Waals surface area contributed by atoms with Crippen molar-refractivity contribution in [3.05, 3.63) is 36.4 Å². The van der Waals surface area contributed by atoms with Crippen LogP contribution >= 0.6 is 0 Å². The highest BCUT2D eigenvalue weighted by Gasteiger charge is 2.43. The van der Waals surface area contributed by atoms with E-state index in [9.17, 15) is 4.79 Å². The molecule has 2 atom stereocenters. The first kappa shape index (κ1) is 16.1. The van der Waals surface area contributed by atoms with Gasteiger partial charge in [0.2, 0.25) is 5.91 Å². The number of nitrogens with zero attached hydrogens (tertiary/aromatic N) is 4. The molecule has 1 saturated carbocycles. The molecule has 1 aromatic carbocycles. The Morgan fingerprint density at radius 2 is 2.15 bits per heavy atom. The van der Waals surface area contributed by atoms with Crippen LogP contribution in [0.1, 0.15) is 12.2 Å². The molecule has 1 fully saturated rings. The molecule has 3 aromatic rings. The van der Waals surface area contributed by atoms with E-state index in [1.165, 1.54) is 0 Å². The van der Waals surface area contributed by atoms with Gasteiger partial charge in [-0.05, 0) is 36.9 Å². The molecule has 130 valence electrons. The third-order valence-electron chi connectivity index (χ3n) is 4.93. The van der Waals surface area contributed by atoms with Gasteiger partial charge < -0.3 is 15.6 Å². The minimum atomic E-state index is -0.230. The maximum atomic E-state index is 12.1. The number of anilines is 2. The fourth-order valence-electron chi connectivity index (χ4n) is 3.12. The van der Waals surface area contributed by atoms with Gasteiger partial charge in [0.1, 0.15) is 11.6 Å². The van der Waals surface area contributed by atoms with E-state index in [2.05, 4.69) is 21.4 Å². The smallest absolute Gasteiger partial charge is 0.230 e. The number of nitrogen functional groups attached to an aromatic ring is 1. The third kappa shape index (κ3) is 2.65. The number of amides is 1. The van der Waals surface area contributed by atoms with Gasteiger partial charge in [0.05, 0.1) is 29.8 Å². The Bertz CT molecular complexity index is 1080. The van der Waals surface area contributed by atoms with Crippen LogP contribution < -0.4 is 11.1 Å². The van der Waals surface area contributed by atoms with Crippen LogP contribution in [0.3, 0.4) is 0 Å². The second-order valence-electron chi connectivity index (χ2n) is 6.67. The molecule has 4 rings (SSSR count). The lowest BCUT2D eigenvalue weighted by molar-refractivity contribution is -0.117. The van der Waals surface area contributed by atoms with E-state index in [4.69, 9.17) is 11.0 Å². The maximum absolute atomic E-state index is 12.1. The SMILES string of the molecule is Cc1ncc(-c2cc(N)c3cnc(NC(=O)[C@@H]4C[C@H]4C#N)cc3c2)n1C. The van der Waals surface area contributed by atoms with Crippen LogP contribution in [-0.2, 0) is 11.8 Å². The number of nitrogens with one attached hydrogen (secondary N) is 1. The predicted molar refractivity (Wildman–Crippen MR) is 98.9 cm³/mol. The summed E-state index contributed by atoms with van der Waals surface area (Å²) in [6.45, 7) is 1.94. The van der Waals surface area contributed by atoms with Crippen molar-refractivity contribution < 1.29 is 4.79 Å². The first-order valence-corrected chi connectivity index (χ1v) is 8.36. The van der Waals surface area contributed by atoms with Crippen LogP contribution in [0.2, 0.25) is 0 Å². The number of nitrogens with two attached hydrogens (primary N) is 1. The van der Waals surface area contributed by atoms with Crippen LogP contribution in [0.5, 0.6) is 0 Å². The van der Waals surface area contributed by atoms with Crippen molar-refractivity contribution in [3.63, 3.8) is 0 Å². The van der Waals surface area contributed by atoms with Crippen LogP contribution in [0.4, 0.5) is 11.5 Å². The fraction of sp³-hybridized carbons (Fsp3) is 0.263. The molecule has 0 radical (unpaired) electrons. The number of aromatic nitrogens is 3. The number of pyridine rings is 1. The van der Waals surface area contributed by atoms with Crippen molar-refractivity contribution in [1.29, 1.82) is 5.26 Å². The van der Waals surface area contributed by atoms with E-state index in [1.54, 1.807) is 12.3 Å². The number of hydrogen-bond acceptors (Lipinski definition) is 5. The Hall–Kier alpha value is -3.40. The molecule has 0 unspecified atom stereocenters. The van der Waals surface area contributed by atoms with Crippen LogP contribution in [0.25, 0.3) is 22.0 Å². The molecule has 1 aliphatic carbocycles. The van der Waals surface area contributed by atoms with Gasteiger partial charge >= 0.3 is 0 Å². The zero-order valence-corrected chi connectivity index (χ0v) is 14.5. The molecule has 0 saturated heterocycles. The average Bonchev–Trinajstić information content (AvgIpc) is 3.34. The molecule has 0 spiro atoms. The largest absolute Gasteiger partial charge is 0.398 e. The summed E-state index contributed by atoms with van der Waals surface area (Å²) in [5.74, 6) is 0.813. The Morgan fingerprint density at radius 3 is 2.81 bits per heavy atom. The van der Waals surface area contributed by atoms with Gasteiger partial charge in [-0.25, -0.2) is 9.97 Å². The van der Waals surface area contributed by atoms with E-state index >= 15 is 0 Å². The number of hydrogen-bond donors (Lipinski definition) is 2. The molecule has 1 amide bonds. The third-order valence-corrected chi connectivity index (χ3v) is 4.93. The molecule has 3 N–H and O–H groups in total. The summed E-state index contributed by atoms with van der Waals surface area (Å²) in [5, 5.41) is 13.4. The fourth-order valence-corrected chi connectivity index (χ4v) is 3.12. The average molecular weight is 346 g/mol. The lowest BCUT2D eigenvalue weighted by atomic mass is 10.0. The van der Waals surface area contributed by atoms with Gasteiger partial charge in [-0.15, -0.1) is 0 Å². The molecule has 7 heteroatoms. The second-order valence-corrected chi connectivity index (χ2v) is 6.67. The highest BCUT2D eigenvalue weighted by Crippen LogP contribution is 2.38. The standard InChI is InChI=1S/C19H18N6O/c1-10-22-9-17(25(10)2)12-3-11-6-18(23-8-15(11)16(21)5-12)24-19(26)14-4-13(14)7-20/h3,5-6,8-9,13-14H,4,21H2,1-2H3,(H,23,24,26)/t13-,14+/m0/s1. The molecular formula is C19H18N6O. The Balaban J connectivity index is 1.69. The highest BCUT2D eigenvalue weighted by molar-refractivity contribution is 6.00. The number of nitriles is 1. The van der Waals surface area contributed by atoms with E-state index in [-0.39, 0.29) is 17.7 Å². The Labute approximate surface area is 150 Å². The molecule has 7 nitrogen and oxygen atoms in total. The lowest BCUT2D eigenvalue weighted by Gasteiger charge is -2.10. The number of carbonyl (C=O) groups is 1. The first-order valence-electron chi connectivity index (χ1n) is 8.36. The second kappa shape index (κ2) is 5.85. The lowest BCUT2D eigenvalue weighted by Crippen LogP contribution is -2.15. The molecule has 0 bridgehead atoms. The van der Waals surface area contributed by atoms with Crippen molar-refractivity contribution in [2.45, 2.75) is 13.3 Å². The monoisotopic (exact) mass is 346 g/mol. The molecule has 26 heavy (non-hydrogen) atoms. The van der Waals surface area contributed by atoms with Crippen molar-refractivity contribution in [3.8, 4) is 17.3 Å². The van der Waals surface area contributed by atoms with Gasteiger partial charge in [-0.2, -0.15) is 5.26 Å². The van der Waals surface area contributed by atoms with E-state index in [0.717, 1.165) is 27.9 Å². The van der Waals surface area contributed by atoms with Crippen LogP contribution in [0, 0.1) is 30.1 Å². The van der Waals surface area contributed by atoms with Crippen molar-refractivity contribution >= 4 is 28.2 Å². The zero-order chi connectivity index (χ0) is 18.4. The Morgan fingerprint density at radius 1 is 1.35 bits per heavy atom. The normalized spacial score (nSPS) is 18.5. The number of aryl methyl sites for hydroxylation is 1. The van der Waals surface area contributed by atoms with Crippen LogP contribution in [0.15, 0.2) is 30.6 Å².